The zero-order valence-corrected chi connectivity index (χ0v) is 15.0. The molecule has 1 atom stereocenters. The smallest absolute Gasteiger partial charge is 0.228 e. The molecule has 0 spiro atoms. The highest BCUT2D eigenvalue weighted by molar-refractivity contribution is 7.12. The van der Waals surface area contributed by atoms with Gasteiger partial charge in [0.15, 0.2) is 5.82 Å². The van der Waals surface area contributed by atoms with Crippen LogP contribution in [0.2, 0.25) is 0 Å². The standard InChI is InChI=1S/C17H22N4O2S/c1-11-8-15(18-3)20-17(19-11)14-10-23-7-6-21(14)16(22)9-13-5-4-12(2)24-13/h4-5,8,14H,6-7,9-10H2,1-3H3,(H,18,19,20)/t14-/m1/s1. The minimum Gasteiger partial charge on any atom is -0.377 e. The third-order valence-corrected chi connectivity index (χ3v) is 5.00. The van der Waals surface area contributed by atoms with Crippen molar-refractivity contribution in [1.29, 1.82) is 0 Å². The SMILES string of the molecule is CNc1cc(C)nc([C@H]2COCCN2C(=O)Cc2ccc(C)s2)n1. The van der Waals surface area contributed by atoms with Gasteiger partial charge in [0.05, 0.1) is 19.6 Å². The Labute approximate surface area is 145 Å². The summed E-state index contributed by atoms with van der Waals surface area (Å²) in [4.78, 5) is 26.0. The van der Waals surface area contributed by atoms with Crippen LogP contribution in [0.5, 0.6) is 0 Å². The molecule has 0 aromatic carbocycles. The molecular weight excluding hydrogens is 324 g/mol. The average Bonchev–Trinajstić information content (AvgIpc) is 2.99. The highest BCUT2D eigenvalue weighted by Crippen LogP contribution is 2.25. The number of carbonyl (C=O) groups is 1. The third kappa shape index (κ3) is 3.73. The van der Waals surface area contributed by atoms with Crippen LogP contribution in [0.3, 0.4) is 0 Å². The number of morpholine rings is 1. The number of rotatable bonds is 4. The summed E-state index contributed by atoms with van der Waals surface area (Å²) in [6.45, 7) is 5.53. The lowest BCUT2D eigenvalue weighted by Gasteiger charge is -2.34. The summed E-state index contributed by atoms with van der Waals surface area (Å²) < 4.78 is 5.59. The second-order valence-electron chi connectivity index (χ2n) is 5.87. The van der Waals surface area contributed by atoms with E-state index in [-0.39, 0.29) is 11.9 Å². The summed E-state index contributed by atoms with van der Waals surface area (Å²) in [5.41, 5.74) is 0.871. The van der Waals surface area contributed by atoms with Crippen LogP contribution >= 0.6 is 11.3 Å². The fourth-order valence-corrected chi connectivity index (χ4v) is 3.70. The Kier molecular flexibility index (Phi) is 5.11. The summed E-state index contributed by atoms with van der Waals surface area (Å²) >= 11 is 1.67. The van der Waals surface area contributed by atoms with E-state index < -0.39 is 0 Å². The molecular formula is C17H22N4O2S. The number of carbonyl (C=O) groups excluding carboxylic acids is 1. The molecule has 0 bridgehead atoms. The minimum absolute atomic E-state index is 0.0984. The lowest BCUT2D eigenvalue weighted by atomic mass is 10.1. The Bertz CT molecular complexity index is 731. The van der Waals surface area contributed by atoms with Gasteiger partial charge in [0.1, 0.15) is 11.9 Å². The van der Waals surface area contributed by atoms with E-state index >= 15 is 0 Å². The molecule has 2 aromatic heterocycles. The van der Waals surface area contributed by atoms with E-state index in [4.69, 9.17) is 4.74 Å². The summed E-state index contributed by atoms with van der Waals surface area (Å²) in [6, 6.07) is 5.72. The number of thiophene rings is 1. The lowest BCUT2D eigenvalue weighted by molar-refractivity contribution is -0.139. The van der Waals surface area contributed by atoms with Crippen LogP contribution in [-0.2, 0) is 16.0 Å². The van der Waals surface area contributed by atoms with Gasteiger partial charge in [-0.15, -0.1) is 11.3 Å². The molecule has 1 amide bonds. The second kappa shape index (κ2) is 7.27. The van der Waals surface area contributed by atoms with Crippen molar-refractivity contribution in [2.45, 2.75) is 26.3 Å². The summed E-state index contributed by atoms with van der Waals surface area (Å²) in [5.74, 6) is 1.49. The van der Waals surface area contributed by atoms with Crippen LogP contribution in [0.15, 0.2) is 18.2 Å². The first-order valence-electron chi connectivity index (χ1n) is 8.02. The molecule has 2 aromatic rings. The van der Waals surface area contributed by atoms with Crippen molar-refractivity contribution in [3.05, 3.63) is 39.5 Å². The number of nitrogens with one attached hydrogen (secondary N) is 1. The van der Waals surface area contributed by atoms with Crippen LogP contribution in [0.25, 0.3) is 0 Å². The van der Waals surface area contributed by atoms with Crippen molar-refractivity contribution in [2.24, 2.45) is 0 Å². The maximum Gasteiger partial charge on any atom is 0.228 e. The van der Waals surface area contributed by atoms with Crippen LogP contribution < -0.4 is 5.32 Å². The van der Waals surface area contributed by atoms with Gasteiger partial charge < -0.3 is 15.0 Å². The Morgan fingerprint density at radius 1 is 1.42 bits per heavy atom. The highest BCUT2D eigenvalue weighted by Gasteiger charge is 2.31. The van der Waals surface area contributed by atoms with Crippen molar-refractivity contribution in [2.75, 3.05) is 32.1 Å². The van der Waals surface area contributed by atoms with Gasteiger partial charge in [-0.1, -0.05) is 0 Å². The Hall–Kier alpha value is -1.99. The van der Waals surface area contributed by atoms with Crippen molar-refractivity contribution in [1.82, 2.24) is 14.9 Å². The maximum atomic E-state index is 12.8. The molecule has 128 valence electrons. The van der Waals surface area contributed by atoms with E-state index in [1.54, 1.807) is 11.3 Å². The molecule has 0 unspecified atom stereocenters. The summed E-state index contributed by atoms with van der Waals surface area (Å²) in [6.07, 6.45) is 0.416. The normalized spacial score (nSPS) is 17.8. The molecule has 1 aliphatic rings. The maximum absolute atomic E-state index is 12.8. The second-order valence-corrected chi connectivity index (χ2v) is 7.24. The summed E-state index contributed by atoms with van der Waals surface area (Å²) in [5, 5.41) is 3.04. The van der Waals surface area contributed by atoms with Gasteiger partial charge in [-0.2, -0.15) is 0 Å². The van der Waals surface area contributed by atoms with Gasteiger partial charge >= 0.3 is 0 Å². The Balaban J connectivity index is 1.82. The first-order chi connectivity index (χ1) is 11.6. The molecule has 7 heteroatoms. The van der Waals surface area contributed by atoms with Crippen LogP contribution in [0.1, 0.15) is 27.3 Å². The van der Waals surface area contributed by atoms with Gasteiger partial charge in [0, 0.05) is 35.1 Å². The fourth-order valence-electron chi connectivity index (χ4n) is 2.82. The number of aryl methyl sites for hydroxylation is 2. The van der Waals surface area contributed by atoms with E-state index in [9.17, 15) is 4.79 Å². The van der Waals surface area contributed by atoms with Gasteiger partial charge in [0.25, 0.3) is 0 Å². The first kappa shape index (κ1) is 16.9. The van der Waals surface area contributed by atoms with Gasteiger partial charge in [0.2, 0.25) is 5.91 Å². The number of aromatic nitrogens is 2. The predicted octanol–water partition coefficient (Wildman–Crippen LogP) is 2.34. The zero-order chi connectivity index (χ0) is 17.1. The minimum atomic E-state index is -0.237. The number of hydrogen-bond acceptors (Lipinski definition) is 6. The van der Waals surface area contributed by atoms with E-state index in [1.807, 2.05) is 37.1 Å². The molecule has 3 heterocycles. The van der Waals surface area contributed by atoms with E-state index in [1.165, 1.54) is 4.88 Å². The van der Waals surface area contributed by atoms with Crippen LogP contribution in [0, 0.1) is 13.8 Å². The monoisotopic (exact) mass is 346 g/mol. The molecule has 1 N–H and O–H groups in total. The predicted molar refractivity (Wildman–Crippen MR) is 94.3 cm³/mol. The van der Waals surface area contributed by atoms with E-state index in [2.05, 4.69) is 22.2 Å². The van der Waals surface area contributed by atoms with Crippen molar-refractivity contribution in [3.63, 3.8) is 0 Å². The van der Waals surface area contributed by atoms with Gasteiger partial charge in [-0.3, -0.25) is 4.79 Å². The molecule has 3 rings (SSSR count). The van der Waals surface area contributed by atoms with Crippen molar-refractivity contribution < 1.29 is 9.53 Å². The van der Waals surface area contributed by atoms with Crippen LogP contribution in [-0.4, -0.2) is 47.6 Å². The fraction of sp³-hybridized carbons (Fsp3) is 0.471. The average molecular weight is 346 g/mol. The van der Waals surface area contributed by atoms with Crippen molar-refractivity contribution >= 4 is 23.1 Å². The molecule has 1 aliphatic heterocycles. The van der Waals surface area contributed by atoms with E-state index in [0.717, 1.165) is 16.4 Å². The molecule has 0 saturated carbocycles. The highest BCUT2D eigenvalue weighted by atomic mass is 32.1. The number of anilines is 1. The molecule has 0 aliphatic carbocycles. The van der Waals surface area contributed by atoms with Gasteiger partial charge in [-0.05, 0) is 26.0 Å². The lowest BCUT2D eigenvalue weighted by Crippen LogP contribution is -2.44. The molecule has 1 saturated heterocycles. The molecule has 6 nitrogen and oxygen atoms in total. The van der Waals surface area contributed by atoms with Crippen LogP contribution in [0.4, 0.5) is 5.82 Å². The third-order valence-electron chi connectivity index (χ3n) is 4.00. The molecule has 24 heavy (non-hydrogen) atoms. The zero-order valence-electron chi connectivity index (χ0n) is 14.2. The van der Waals surface area contributed by atoms with E-state index in [0.29, 0.717) is 32.0 Å². The Morgan fingerprint density at radius 2 is 2.25 bits per heavy atom. The molecule has 1 fully saturated rings. The molecule has 0 radical (unpaired) electrons. The number of amides is 1. The largest absolute Gasteiger partial charge is 0.377 e. The van der Waals surface area contributed by atoms with Crippen molar-refractivity contribution in [3.8, 4) is 0 Å². The number of ether oxygens (including phenoxy) is 1. The topological polar surface area (TPSA) is 67.4 Å². The van der Waals surface area contributed by atoms with Gasteiger partial charge in [-0.25, -0.2) is 9.97 Å². The first-order valence-corrected chi connectivity index (χ1v) is 8.84. The summed E-state index contributed by atoms with van der Waals surface area (Å²) in [7, 11) is 1.82. The number of hydrogen-bond donors (Lipinski definition) is 1. The number of nitrogens with zero attached hydrogens (tertiary/aromatic N) is 3. The Morgan fingerprint density at radius 3 is 2.96 bits per heavy atom. The quantitative estimate of drug-likeness (QED) is 0.920.